The van der Waals surface area contributed by atoms with Gasteiger partial charge < -0.3 is 14.4 Å². The van der Waals surface area contributed by atoms with Crippen LogP contribution in [0.25, 0.3) is 21.7 Å². The Kier molecular flexibility index (Phi) is 4.32. The summed E-state index contributed by atoms with van der Waals surface area (Å²) in [5.41, 5.74) is 3.31. The van der Waals surface area contributed by atoms with Crippen LogP contribution in [0, 0.1) is 0 Å². The lowest BCUT2D eigenvalue weighted by Crippen LogP contribution is -2.44. The average Bonchev–Trinajstić information content (AvgIpc) is 3.60. The van der Waals surface area contributed by atoms with Gasteiger partial charge >= 0.3 is 0 Å². The van der Waals surface area contributed by atoms with E-state index in [0.29, 0.717) is 5.92 Å². The highest BCUT2D eigenvalue weighted by molar-refractivity contribution is 5.93. The van der Waals surface area contributed by atoms with Gasteiger partial charge in [-0.2, -0.15) is 0 Å². The van der Waals surface area contributed by atoms with Crippen molar-refractivity contribution in [1.29, 1.82) is 0 Å². The molecule has 6 rings (SSSR count). The van der Waals surface area contributed by atoms with Crippen molar-refractivity contribution in [3.8, 4) is 0 Å². The number of hydrogen-bond donors (Lipinski definition) is 0. The lowest BCUT2D eigenvalue weighted by Gasteiger charge is -2.34. The molecule has 5 nitrogen and oxygen atoms in total. The summed E-state index contributed by atoms with van der Waals surface area (Å²) in [5.74, 6) is 0.301. The number of aromatic nitrogens is 2. The van der Waals surface area contributed by atoms with Crippen molar-refractivity contribution < 1.29 is 0 Å². The van der Waals surface area contributed by atoms with Gasteiger partial charge in [0.1, 0.15) is 0 Å². The van der Waals surface area contributed by atoms with Crippen LogP contribution >= 0.6 is 0 Å². The van der Waals surface area contributed by atoms with Gasteiger partial charge in [0, 0.05) is 55.4 Å². The molecule has 0 spiro atoms. The van der Waals surface area contributed by atoms with Crippen molar-refractivity contribution in [2.75, 3.05) is 38.1 Å². The minimum absolute atomic E-state index is 0.125. The summed E-state index contributed by atoms with van der Waals surface area (Å²) >= 11 is 0. The van der Waals surface area contributed by atoms with E-state index in [9.17, 15) is 4.79 Å². The molecule has 1 aliphatic heterocycles. The van der Waals surface area contributed by atoms with Gasteiger partial charge in [0.05, 0.1) is 16.6 Å². The summed E-state index contributed by atoms with van der Waals surface area (Å²) in [6.07, 6.45) is 2.94. The van der Waals surface area contributed by atoms with Crippen LogP contribution in [0.4, 0.5) is 5.69 Å². The maximum absolute atomic E-state index is 13.6. The van der Waals surface area contributed by atoms with Gasteiger partial charge in [-0.1, -0.05) is 36.4 Å². The van der Waals surface area contributed by atoms with Gasteiger partial charge in [-0.3, -0.25) is 9.78 Å². The zero-order valence-electron chi connectivity index (χ0n) is 17.7. The topological polar surface area (TPSA) is 41.4 Å². The van der Waals surface area contributed by atoms with Crippen LogP contribution in [-0.2, 0) is 0 Å². The normalized spacial score (nSPS) is 21.6. The van der Waals surface area contributed by atoms with Crippen LogP contribution in [0.1, 0.15) is 24.1 Å². The second kappa shape index (κ2) is 7.20. The Balaban J connectivity index is 1.36. The molecule has 2 aromatic heterocycles. The van der Waals surface area contributed by atoms with Crippen LogP contribution in [0.3, 0.4) is 0 Å². The first-order valence-electron chi connectivity index (χ1n) is 11.1. The predicted molar refractivity (Wildman–Crippen MR) is 126 cm³/mol. The van der Waals surface area contributed by atoms with Crippen molar-refractivity contribution >= 4 is 27.4 Å². The van der Waals surface area contributed by atoms with Crippen LogP contribution in [0.2, 0.25) is 0 Å². The van der Waals surface area contributed by atoms with Crippen molar-refractivity contribution in [3.63, 3.8) is 0 Å². The Hall–Kier alpha value is -3.18. The molecule has 2 unspecified atom stereocenters. The number of pyridine rings is 2. The Labute approximate surface area is 181 Å². The number of likely N-dealkylation sites (N-methyl/N-ethyl adjacent to an activating group) is 1. The molecule has 4 aromatic rings. The molecular weight excluding hydrogens is 384 g/mol. The molecule has 0 radical (unpaired) electrons. The second-order valence-electron chi connectivity index (χ2n) is 8.90. The highest BCUT2D eigenvalue weighted by atomic mass is 16.1. The third-order valence-electron chi connectivity index (χ3n) is 6.90. The largest absolute Gasteiger partial charge is 0.368 e. The van der Waals surface area contributed by atoms with Gasteiger partial charge in [-0.05, 0) is 43.1 Å². The van der Waals surface area contributed by atoms with Gasteiger partial charge in [0.15, 0.2) is 0 Å². The third-order valence-corrected chi connectivity index (χ3v) is 6.90. The first-order valence-corrected chi connectivity index (χ1v) is 11.1. The number of nitrogens with zero attached hydrogens (tertiary/aromatic N) is 4. The van der Waals surface area contributed by atoms with Gasteiger partial charge in [0.2, 0.25) is 0 Å². The number of piperazine rings is 1. The third kappa shape index (κ3) is 3.20. The molecular formula is C26H26N4O. The fraction of sp³-hybridized carbons (Fsp3) is 0.308. The summed E-state index contributed by atoms with van der Waals surface area (Å²) < 4.78 is 1.95. The van der Waals surface area contributed by atoms with Crippen LogP contribution in [0.15, 0.2) is 71.7 Å². The van der Waals surface area contributed by atoms with E-state index < -0.39 is 0 Å². The zero-order valence-corrected chi connectivity index (χ0v) is 17.7. The van der Waals surface area contributed by atoms with E-state index >= 15 is 0 Å². The lowest BCUT2D eigenvalue weighted by molar-refractivity contribution is 0.313. The standard InChI is InChI=1S/C26H26N4O/c1-28-13-15-29(16-14-28)23-8-4-6-19-11-12-30(26(31)25(19)23)24-17-20(24)22-10-9-18-5-2-3-7-21(18)27-22/h2-12,20,24H,13-17H2,1H3. The smallest absolute Gasteiger partial charge is 0.260 e. The van der Waals surface area contributed by atoms with E-state index in [2.05, 4.69) is 65.4 Å². The maximum atomic E-state index is 13.6. The zero-order chi connectivity index (χ0) is 20.9. The fourth-order valence-electron chi connectivity index (χ4n) is 4.95. The molecule has 2 atom stereocenters. The van der Waals surface area contributed by atoms with E-state index in [1.165, 1.54) is 0 Å². The lowest BCUT2D eigenvalue weighted by atomic mass is 10.1. The number of benzene rings is 2. The molecule has 2 aromatic carbocycles. The van der Waals surface area contributed by atoms with Crippen molar-refractivity contribution in [3.05, 3.63) is 82.9 Å². The summed E-state index contributed by atoms with van der Waals surface area (Å²) in [4.78, 5) is 23.2. The van der Waals surface area contributed by atoms with Crippen LogP contribution < -0.4 is 10.5 Å². The molecule has 156 valence electrons. The minimum atomic E-state index is 0.125. The number of anilines is 1. The molecule has 0 bridgehead atoms. The fourth-order valence-corrected chi connectivity index (χ4v) is 4.95. The Morgan fingerprint density at radius 3 is 2.55 bits per heavy atom. The molecule has 2 aliphatic rings. The maximum Gasteiger partial charge on any atom is 0.260 e. The monoisotopic (exact) mass is 410 g/mol. The summed E-state index contributed by atoms with van der Waals surface area (Å²) in [7, 11) is 2.15. The highest BCUT2D eigenvalue weighted by Crippen LogP contribution is 2.50. The van der Waals surface area contributed by atoms with Gasteiger partial charge in [-0.25, -0.2) is 0 Å². The number of rotatable bonds is 3. The molecule has 31 heavy (non-hydrogen) atoms. The molecule has 1 saturated heterocycles. The van der Waals surface area contributed by atoms with E-state index in [-0.39, 0.29) is 11.6 Å². The first-order chi connectivity index (χ1) is 15.2. The molecule has 1 aliphatic carbocycles. The Morgan fingerprint density at radius 1 is 0.871 bits per heavy atom. The van der Waals surface area contributed by atoms with Gasteiger partial charge in [-0.15, -0.1) is 0 Å². The minimum Gasteiger partial charge on any atom is -0.368 e. The van der Waals surface area contributed by atoms with Crippen LogP contribution in [0.5, 0.6) is 0 Å². The summed E-state index contributed by atoms with van der Waals surface area (Å²) in [5, 5.41) is 3.04. The van der Waals surface area contributed by atoms with E-state index in [4.69, 9.17) is 4.98 Å². The van der Waals surface area contributed by atoms with Crippen molar-refractivity contribution in [2.45, 2.75) is 18.4 Å². The number of fused-ring (bicyclic) bond motifs is 2. The number of para-hydroxylation sites is 1. The van der Waals surface area contributed by atoms with E-state index in [1.807, 2.05) is 22.9 Å². The Bertz CT molecular complexity index is 1340. The first kappa shape index (κ1) is 18.6. The summed E-state index contributed by atoms with van der Waals surface area (Å²) in [6.45, 7) is 3.96. The van der Waals surface area contributed by atoms with Crippen molar-refractivity contribution in [2.24, 2.45) is 0 Å². The van der Waals surface area contributed by atoms with E-state index in [0.717, 1.165) is 65.7 Å². The molecule has 3 heterocycles. The highest BCUT2D eigenvalue weighted by Gasteiger charge is 2.41. The quantitative estimate of drug-likeness (QED) is 0.511. The SMILES string of the molecule is CN1CCN(c2cccc3ccn(C4CC4c4ccc5ccccc5n4)c(=O)c23)CC1. The van der Waals surface area contributed by atoms with Crippen molar-refractivity contribution in [1.82, 2.24) is 14.5 Å². The summed E-state index contributed by atoms with van der Waals surface area (Å²) in [6, 6.07) is 21.0. The molecule has 0 amide bonds. The second-order valence-corrected chi connectivity index (χ2v) is 8.90. The average molecular weight is 411 g/mol. The predicted octanol–water partition coefficient (Wildman–Crippen LogP) is 4.03. The van der Waals surface area contributed by atoms with Gasteiger partial charge in [0.25, 0.3) is 5.56 Å². The Morgan fingerprint density at radius 2 is 1.68 bits per heavy atom. The molecule has 1 saturated carbocycles. The molecule has 0 N–H and O–H groups in total. The van der Waals surface area contributed by atoms with Crippen LogP contribution in [-0.4, -0.2) is 47.7 Å². The molecule has 5 heteroatoms. The van der Waals surface area contributed by atoms with E-state index in [1.54, 1.807) is 0 Å². The molecule has 2 fully saturated rings. The number of hydrogen-bond acceptors (Lipinski definition) is 4.